The fourth-order valence-corrected chi connectivity index (χ4v) is 3.01. The molecule has 0 saturated heterocycles. The number of nitro benzene ring substituents is 1. The second-order valence-corrected chi connectivity index (χ2v) is 6.31. The number of hydrogen-bond acceptors (Lipinski definition) is 4. The molecule has 3 rings (SSSR count). The highest BCUT2D eigenvalue weighted by atomic mass is 16.6. The molecule has 25 heavy (non-hydrogen) atoms. The Morgan fingerprint density at radius 2 is 1.96 bits per heavy atom. The molecule has 6 heteroatoms. The predicted molar refractivity (Wildman–Crippen MR) is 95.0 cm³/mol. The van der Waals surface area contributed by atoms with Crippen LogP contribution in [0.4, 0.5) is 11.4 Å². The Bertz CT molecular complexity index is 832. The summed E-state index contributed by atoms with van der Waals surface area (Å²) in [4.78, 5) is 23.0. The van der Waals surface area contributed by atoms with Crippen molar-refractivity contribution in [3.05, 3.63) is 63.2 Å². The maximum atomic E-state index is 12.4. The van der Waals surface area contributed by atoms with Gasteiger partial charge in [-0.15, -0.1) is 0 Å². The fraction of sp³-hybridized carbons (Fsp3) is 0.316. The number of ether oxygens (including phenoxy) is 1. The highest BCUT2D eigenvalue weighted by Gasteiger charge is 2.22. The number of carbonyl (C=O) groups is 1. The summed E-state index contributed by atoms with van der Waals surface area (Å²) in [6, 6.07) is 10.6. The highest BCUT2D eigenvalue weighted by Crippen LogP contribution is 2.29. The first-order valence-corrected chi connectivity index (χ1v) is 8.28. The maximum absolute atomic E-state index is 12.4. The number of amides is 1. The SMILES string of the molecule is Cc1ccc(O[C@H](C)C(=O)Nc2ccc3c(c2)CCC3)c([N+](=O)[O-])c1. The molecule has 0 unspecified atom stereocenters. The van der Waals surface area contributed by atoms with E-state index in [1.54, 1.807) is 19.9 Å². The van der Waals surface area contributed by atoms with Crippen LogP contribution in [0.1, 0.15) is 30.0 Å². The molecule has 1 aliphatic rings. The molecule has 0 aromatic heterocycles. The number of rotatable bonds is 5. The van der Waals surface area contributed by atoms with Gasteiger partial charge in [0.15, 0.2) is 11.9 Å². The van der Waals surface area contributed by atoms with E-state index >= 15 is 0 Å². The van der Waals surface area contributed by atoms with E-state index in [-0.39, 0.29) is 17.3 Å². The summed E-state index contributed by atoms with van der Waals surface area (Å²) in [5.41, 5.74) is 3.93. The number of anilines is 1. The van der Waals surface area contributed by atoms with Crippen LogP contribution in [0.3, 0.4) is 0 Å². The van der Waals surface area contributed by atoms with Crippen molar-refractivity contribution in [1.29, 1.82) is 0 Å². The van der Waals surface area contributed by atoms with Gasteiger partial charge in [0.2, 0.25) is 0 Å². The van der Waals surface area contributed by atoms with Crippen molar-refractivity contribution in [3.8, 4) is 5.75 Å². The summed E-state index contributed by atoms with van der Waals surface area (Å²) in [5.74, 6) is -0.250. The lowest BCUT2D eigenvalue weighted by molar-refractivity contribution is -0.386. The van der Waals surface area contributed by atoms with E-state index in [4.69, 9.17) is 4.74 Å². The molecule has 0 heterocycles. The minimum absolute atomic E-state index is 0.0900. The first kappa shape index (κ1) is 17.0. The smallest absolute Gasteiger partial charge is 0.311 e. The van der Waals surface area contributed by atoms with Crippen LogP contribution in [0.2, 0.25) is 0 Å². The van der Waals surface area contributed by atoms with Gasteiger partial charge in [-0.2, -0.15) is 0 Å². The van der Waals surface area contributed by atoms with Gasteiger partial charge in [0.1, 0.15) is 0 Å². The summed E-state index contributed by atoms with van der Waals surface area (Å²) in [6.45, 7) is 3.34. The van der Waals surface area contributed by atoms with Crippen molar-refractivity contribution in [2.75, 3.05) is 5.32 Å². The minimum atomic E-state index is -0.852. The van der Waals surface area contributed by atoms with Gasteiger partial charge in [-0.25, -0.2) is 0 Å². The first-order chi connectivity index (χ1) is 11.9. The van der Waals surface area contributed by atoms with E-state index in [1.807, 2.05) is 18.2 Å². The number of nitro groups is 1. The normalized spacial score (nSPS) is 13.8. The molecule has 0 radical (unpaired) electrons. The van der Waals surface area contributed by atoms with Crippen molar-refractivity contribution < 1.29 is 14.5 Å². The molecule has 0 spiro atoms. The summed E-state index contributed by atoms with van der Waals surface area (Å²) >= 11 is 0. The zero-order valence-corrected chi connectivity index (χ0v) is 14.2. The monoisotopic (exact) mass is 340 g/mol. The summed E-state index contributed by atoms with van der Waals surface area (Å²) in [5, 5.41) is 14.0. The standard InChI is InChI=1S/C19H20N2O4/c1-12-6-9-18(17(10-12)21(23)24)25-13(2)19(22)20-16-8-7-14-4-3-5-15(14)11-16/h6-11,13H,3-5H2,1-2H3,(H,20,22)/t13-/m1/s1. The summed E-state index contributed by atoms with van der Waals surface area (Å²) in [7, 11) is 0. The topological polar surface area (TPSA) is 81.5 Å². The molecule has 0 fully saturated rings. The molecule has 1 aliphatic carbocycles. The Morgan fingerprint density at radius 1 is 1.20 bits per heavy atom. The molecule has 2 aromatic rings. The number of fused-ring (bicyclic) bond motifs is 1. The van der Waals surface area contributed by atoms with Crippen LogP contribution in [0.5, 0.6) is 5.75 Å². The van der Waals surface area contributed by atoms with Crippen LogP contribution < -0.4 is 10.1 Å². The number of carbonyl (C=O) groups excluding carboxylic acids is 1. The van der Waals surface area contributed by atoms with Crippen LogP contribution in [0.25, 0.3) is 0 Å². The van der Waals surface area contributed by atoms with E-state index in [1.165, 1.54) is 23.3 Å². The van der Waals surface area contributed by atoms with Gasteiger partial charge >= 0.3 is 5.69 Å². The highest BCUT2D eigenvalue weighted by molar-refractivity contribution is 5.94. The van der Waals surface area contributed by atoms with Gasteiger partial charge in [-0.1, -0.05) is 12.1 Å². The van der Waals surface area contributed by atoms with Crippen molar-refractivity contribution in [2.45, 2.75) is 39.2 Å². The lowest BCUT2D eigenvalue weighted by atomic mass is 10.1. The van der Waals surface area contributed by atoms with E-state index in [0.29, 0.717) is 0 Å². The molecule has 1 amide bonds. The Labute approximate surface area is 146 Å². The zero-order chi connectivity index (χ0) is 18.0. The molecular formula is C19H20N2O4. The number of aryl methyl sites for hydroxylation is 3. The van der Waals surface area contributed by atoms with E-state index in [0.717, 1.165) is 30.5 Å². The molecule has 0 saturated carbocycles. The Morgan fingerprint density at radius 3 is 2.72 bits per heavy atom. The van der Waals surface area contributed by atoms with Gasteiger partial charge in [-0.05, 0) is 68.0 Å². The maximum Gasteiger partial charge on any atom is 0.311 e. The third-order valence-electron chi connectivity index (χ3n) is 4.35. The summed E-state index contributed by atoms with van der Waals surface area (Å²) in [6.07, 6.45) is 2.40. The van der Waals surface area contributed by atoms with Crippen molar-refractivity contribution in [2.24, 2.45) is 0 Å². The second kappa shape index (κ2) is 6.93. The molecule has 1 N–H and O–H groups in total. The first-order valence-electron chi connectivity index (χ1n) is 8.28. The van der Waals surface area contributed by atoms with Gasteiger partial charge in [0, 0.05) is 11.8 Å². The zero-order valence-electron chi connectivity index (χ0n) is 14.2. The second-order valence-electron chi connectivity index (χ2n) is 6.31. The molecule has 2 aromatic carbocycles. The van der Waals surface area contributed by atoms with E-state index in [9.17, 15) is 14.9 Å². The van der Waals surface area contributed by atoms with E-state index < -0.39 is 11.0 Å². The Hall–Kier alpha value is -2.89. The molecule has 0 aliphatic heterocycles. The van der Waals surface area contributed by atoms with Crippen molar-refractivity contribution in [1.82, 2.24) is 0 Å². The predicted octanol–water partition coefficient (Wildman–Crippen LogP) is 3.80. The molecule has 0 bridgehead atoms. The quantitative estimate of drug-likeness (QED) is 0.663. The lowest BCUT2D eigenvalue weighted by Crippen LogP contribution is -2.30. The van der Waals surface area contributed by atoms with Gasteiger partial charge in [-0.3, -0.25) is 14.9 Å². The average Bonchev–Trinajstić information content (AvgIpc) is 3.03. The van der Waals surface area contributed by atoms with Crippen LogP contribution in [0.15, 0.2) is 36.4 Å². The Balaban J connectivity index is 1.70. The van der Waals surface area contributed by atoms with E-state index in [2.05, 4.69) is 5.32 Å². The van der Waals surface area contributed by atoms with Gasteiger partial charge in [0.25, 0.3) is 5.91 Å². The third-order valence-corrected chi connectivity index (χ3v) is 4.35. The number of nitrogens with zero attached hydrogens (tertiary/aromatic N) is 1. The van der Waals surface area contributed by atoms with Crippen LogP contribution in [0, 0.1) is 17.0 Å². The molecule has 1 atom stereocenters. The average molecular weight is 340 g/mol. The van der Waals surface area contributed by atoms with Crippen LogP contribution >= 0.6 is 0 Å². The van der Waals surface area contributed by atoms with Gasteiger partial charge in [0.05, 0.1) is 4.92 Å². The Kier molecular flexibility index (Phi) is 4.70. The summed E-state index contributed by atoms with van der Waals surface area (Å²) < 4.78 is 5.53. The fourth-order valence-electron chi connectivity index (χ4n) is 3.01. The number of hydrogen-bond donors (Lipinski definition) is 1. The van der Waals surface area contributed by atoms with Crippen molar-refractivity contribution >= 4 is 17.3 Å². The molecule has 6 nitrogen and oxygen atoms in total. The number of nitrogens with one attached hydrogen (secondary N) is 1. The van der Waals surface area contributed by atoms with Crippen LogP contribution in [-0.2, 0) is 17.6 Å². The molecule has 130 valence electrons. The van der Waals surface area contributed by atoms with Crippen LogP contribution in [-0.4, -0.2) is 16.9 Å². The largest absolute Gasteiger partial charge is 0.474 e. The lowest BCUT2D eigenvalue weighted by Gasteiger charge is -2.15. The van der Waals surface area contributed by atoms with Gasteiger partial charge < -0.3 is 10.1 Å². The molecular weight excluding hydrogens is 320 g/mol. The van der Waals surface area contributed by atoms with Crippen molar-refractivity contribution in [3.63, 3.8) is 0 Å². The third kappa shape index (κ3) is 3.79. The number of benzene rings is 2. The minimum Gasteiger partial charge on any atom is -0.474 e.